The highest BCUT2D eigenvalue weighted by molar-refractivity contribution is 7.19. The molecule has 3 aromatic rings. The number of halogens is 2. The average Bonchev–Trinajstić information content (AvgIpc) is 3.39. The van der Waals surface area contributed by atoms with Crippen molar-refractivity contribution in [2.45, 2.75) is 51.4 Å². The molecule has 2 aliphatic heterocycles. The number of aromatic nitrogens is 1. The molecule has 0 saturated carbocycles. The van der Waals surface area contributed by atoms with E-state index in [0.29, 0.717) is 23.7 Å². The van der Waals surface area contributed by atoms with E-state index in [1.54, 1.807) is 6.20 Å². The van der Waals surface area contributed by atoms with E-state index >= 15 is 0 Å². The highest BCUT2D eigenvalue weighted by atomic mass is 35.5. The third-order valence-electron chi connectivity index (χ3n) is 6.47. The molecule has 3 atom stereocenters. The smallest absolute Gasteiger partial charge is 0.230 e. The monoisotopic (exact) mass is 501 g/mol. The molecule has 0 unspecified atom stereocenters. The van der Waals surface area contributed by atoms with Gasteiger partial charge in [-0.1, -0.05) is 11.6 Å². The molecule has 178 valence electrons. The van der Waals surface area contributed by atoms with Gasteiger partial charge in [0.05, 0.1) is 16.3 Å². The number of aryl methyl sites for hydroxylation is 1. The van der Waals surface area contributed by atoms with Crippen molar-refractivity contribution in [1.82, 2.24) is 15.2 Å². The Labute approximate surface area is 206 Å². The molecule has 5 rings (SSSR count). The Hall–Kier alpha value is -2.55. The van der Waals surface area contributed by atoms with Crippen LogP contribution in [0.15, 0.2) is 30.5 Å². The minimum Gasteiger partial charge on any atom is -0.486 e. The van der Waals surface area contributed by atoms with Crippen LogP contribution in [0, 0.1) is 6.92 Å². The van der Waals surface area contributed by atoms with E-state index in [1.165, 1.54) is 16.2 Å². The number of benzene rings is 1. The summed E-state index contributed by atoms with van der Waals surface area (Å²) in [6.45, 7) is 4.74. The van der Waals surface area contributed by atoms with Crippen LogP contribution in [0.3, 0.4) is 0 Å². The normalized spacial score (nSPS) is 21.9. The van der Waals surface area contributed by atoms with Gasteiger partial charge < -0.3 is 10.1 Å². The molecule has 2 fully saturated rings. The quantitative estimate of drug-likeness (QED) is 0.486. The number of pyridine rings is 1. The molecule has 0 bridgehead atoms. The second-order valence-electron chi connectivity index (χ2n) is 8.82. The van der Waals surface area contributed by atoms with Crippen LogP contribution >= 0.6 is 22.9 Å². The van der Waals surface area contributed by atoms with Gasteiger partial charge in [-0.15, -0.1) is 11.3 Å². The number of hydrogen-bond acceptors (Lipinski definition) is 6. The van der Waals surface area contributed by atoms with Crippen molar-refractivity contribution in [1.29, 1.82) is 0 Å². The van der Waals surface area contributed by atoms with Crippen molar-refractivity contribution in [2.75, 3.05) is 13.1 Å². The summed E-state index contributed by atoms with van der Waals surface area (Å²) in [6, 6.07) is 7.11. The topological polar surface area (TPSA) is 71.5 Å². The summed E-state index contributed by atoms with van der Waals surface area (Å²) in [5.74, 6) is 0.318. The lowest BCUT2D eigenvalue weighted by atomic mass is 10.0. The number of carbonyl (C=O) groups is 2. The van der Waals surface area contributed by atoms with Crippen LogP contribution in [0.1, 0.15) is 42.7 Å². The Bertz CT molecular complexity index is 1260. The number of ether oxygens (including phenoxy) is 1. The zero-order valence-corrected chi connectivity index (χ0v) is 20.5. The van der Waals surface area contributed by atoms with Crippen molar-refractivity contribution in [3.63, 3.8) is 0 Å². The summed E-state index contributed by atoms with van der Waals surface area (Å²) in [5, 5.41) is 3.61. The van der Waals surface area contributed by atoms with E-state index in [1.807, 2.05) is 38.1 Å². The first-order valence-electron chi connectivity index (χ1n) is 11.4. The molecule has 34 heavy (non-hydrogen) atoms. The Balaban J connectivity index is 1.58. The summed E-state index contributed by atoms with van der Waals surface area (Å²) in [4.78, 5) is 31.3. The van der Waals surface area contributed by atoms with Crippen LogP contribution in [-0.2, 0) is 9.59 Å². The number of piperidine rings is 1. The Morgan fingerprint density at radius 2 is 2.00 bits per heavy atom. The molecule has 0 spiro atoms. The summed E-state index contributed by atoms with van der Waals surface area (Å²) in [6.07, 6.45) is 1.17. The number of likely N-dealkylation sites (tertiary alicyclic amines) is 1. The highest BCUT2D eigenvalue weighted by Gasteiger charge is 2.34. The lowest BCUT2D eigenvalue weighted by molar-refractivity contribution is -0.140. The first-order chi connectivity index (χ1) is 16.3. The number of amides is 2. The molecular weight excluding hydrogens is 477 g/mol. The van der Waals surface area contributed by atoms with E-state index in [4.69, 9.17) is 16.3 Å². The third kappa shape index (κ3) is 4.19. The number of thiophene rings is 1. The number of alkyl halides is 1. The van der Waals surface area contributed by atoms with Gasteiger partial charge in [0.25, 0.3) is 0 Å². The van der Waals surface area contributed by atoms with Gasteiger partial charge in [0.15, 0.2) is 0 Å². The van der Waals surface area contributed by atoms with Crippen LogP contribution < -0.4 is 10.1 Å². The standard InChI is InChI=1S/C25H25ClFN3O3S/c1-13-9-15(26)10-17(24(13)33-20-6-7-28-12-18(20)27)16-5-8-29-19-11-21(34-25(16)19)14(2)30-22(31)3-4-23(30)32/h5,8-11,14,18,20,28H,3-4,6-7,12H2,1-2H3/t14-,18+,20+/m0/s1. The minimum atomic E-state index is -1.10. The fourth-order valence-electron chi connectivity index (χ4n) is 4.69. The van der Waals surface area contributed by atoms with Gasteiger partial charge in [0.2, 0.25) is 11.8 Å². The maximum atomic E-state index is 14.6. The van der Waals surface area contributed by atoms with Gasteiger partial charge in [-0.25, -0.2) is 4.39 Å². The molecule has 6 nitrogen and oxygen atoms in total. The third-order valence-corrected chi connectivity index (χ3v) is 8.01. The van der Waals surface area contributed by atoms with E-state index in [2.05, 4.69) is 10.3 Å². The molecule has 4 heterocycles. The molecule has 0 aliphatic carbocycles. The SMILES string of the molecule is Cc1cc(Cl)cc(-c2ccnc3cc([C@H](C)N4C(=O)CCC4=O)sc23)c1O[C@@H]1CCNC[C@H]1F. The maximum absolute atomic E-state index is 14.6. The van der Waals surface area contributed by atoms with Crippen molar-refractivity contribution >= 4 is 45.0 Å². The molecule has 2 amide bonds. The van der Waals surface area contributed by atoms with Gasteiger partial charge in [0, 0.05) is 46.6 Å². The first-order valence-corrected chi connectivity index (χ1v) is 12.6. The second kappa shape index (κ2) is 9.24. The fourth-order valence-corrected chi connectivity index (χ4v) is 6.15. The largest absolute Gasteiger partial charge is 0.486 e. The van der Waals surface area contributed by atoms with E-state index in [9.17, 15) is 14.0 Å². The molecular formula is C25H25ClFN3O3S. The average molecular weight is 502 g/mol. The van der Waals surface area contributed by atoms with Crippen LogP contribution in [0.4, 0.5) is 4.39 Å². The van der Waals surface area contributed by atoms with Crippen LogP contribution in [-0.4, -0.2) is 47.1 Å². The van der Waals surface area contributed by atoms with Gasteiger partial charge in [0.1, 0.15) is 18.0 Å². The van der Waals surface area contributed by atoms with Crippen molar-refractivity contribution in [2.24, 2.45) is 0 Å². The molecule has 0 radical (unpaired) electrons. The lowest BCUT2D eigenvalue weighted by Crippen LogP contribution is -2.44. The van der Waals surface area contributed by atoms with Gasteiger partial charge in [-0.05, 0) is 56.6 Å². The predicted molar refractivity (Wildman–Crippen MR) is 131 cm³/mol. The Morgan fingerprint density at radius 3 is 2.74 bits per heavy atom. The number of fused-ring (bicyclic) bond motifs is 1. The number of rotatable bonds is 5. The summed E-state index contributed by atoms with van der Waals surface area (Å²) in [5.41, 5.74) is 3.24. The number of imide groups is 1. The Kier molecular flexibility index (Phi) is 6.31. The summed E-state index contributed by atoms with van der Waals surface area (Å²) >= 11 is 7.93. The molecule has 2 aromatic heterocycles. The number of hydrogen-bond donors (Lipinski definition) is 1. The van der Waals surface area contributed by atoms with Gasteiger partial charge in [-0.2, -0.15) is 0 Å². The number of nitrogens with one attached hydrogen (secondary N) is 1. The number of nitrogens with zero attached hydrogens (tertiary/aromatic N) is 2. The molecule has 1 N–H and O–H groups in total. The molecule has 9 heteroatoms. The van der Waals surface area contributed by atoms with Crippen molar-refractivity contribution in [3.8, 4) is 16.9 Å². The minimum absolute atomic E-state index is 0.146. The maximum Gasteiger partial charge on any atom is 0.230 e. The van der Waals surface area contributed by atoms with Crippen LogP contribution in [0.25, 0.3) is 21.3 Å². The Morgan fingerprint density at radius 1 is 1.24 bits per heavy atom. The van der Waals surface area contributed by atoms with E-state index < -0.39 is 12.3 Å². The van der Waals surface area contributed by atoms with Crippen LogP contribution in [0.5, 0.6) is 5.75 Å². The predicted octanol–water partition coefficient (Wildman–Crippen LogP) is 5.21. The molecule has 1 aromatic carbocycles. The second-order valence-corrected chi connectivity index (χ2v) is 10.3. The lowest BCUT2D eigenvalue weighted by Gasteiger charge is -2.29. The highest BCUT2D eigenvalue weighted by Crippen LogP contribution is 2.43. The molecule has 2 saturated heterocycles. The number of carbonyl (C=O) groups excluding carboxylic acids is 2. The van der Waals surface area contributed by atoms with Crippen molar-refractivity contribution < 1.29 is 18.7 Å². The summed E-state index contributed by atoms with van der Waals surface area (Å²) in [7, 11) is 0. The first kappa shape index (κ1) is 23.2. The van der Waals surface area contributed by atoms with Gasteiger partial charge in [-0.3, -0.25) is 19.5 Å². The summed E-state index contributed by atoms with van der Waals surface area (Å²) < 4.78 is 21.7. The zero-order chi connectivity index (χ0) is 24.0. The fraction of sp³-hybridized carbons (Fsp3) is 0.400. The van der Waals surface area contributed by atoms with Crippen molar-refractivity contribution in [3.05, 3.63) is 45.9 Å². The van der Waals surface area contributed by atoms with Crippen LogP contribution in [0.2, 0.25) is 5.02 Å². The molecule has 2 aliphatic rings. The van der Waals surface area contributed by atoms with E-state index in [0.717, 1.165) is 31.8 Å². The zero-order valence-electron chi connectivity index (χ0n) is 18.9. The van der Waals surface area contributed by atoms with E-state index in [-0.39, 0.29) is 37.2 Å². The van der Waals surface area contributed by atoms with Gasteiger partial charge >= 0.3 is 0 Å².